The molecule has 1 fully saturated rings. The molecular weight excluding hydrogens is 306 g/mol. The van der Waals surface area contributed by atoms with Crippen molar-refractivity contribution in [3.63, 3.8) is 0 Å². The summed E-state index contributed by atoms with van der Waals surface area (Å²) in [6, 6.07) is 8.30. The highest BCUT2D eigenvalue weighted by Gasteiger charge is 2.18. The molecule has 0 radical (unpaired) electrons. The van der Waals surface area contributed by atoms with Crippen LogP contribution in [0, 0.1) is 0 Å². The van der Waals surface area contributed by atoms with Gasteiger partial charge >= 0.3 is 0 Å². The third kappa shape index (κ3) is 4.88. The van der Waals surface area contributed by atoms with Crippen LogP contribution in [0.2, 0.25) is 0 Å². The predicted octanol–water partition coefficient (Wildman–Crippen LogP) is 3.30. The van der Waals surface area contributed by atoms with E-state index in [9.17, 15) is 0 Å². The predicted molar refractivity (Wildman–Crippen MR) is 80.4 cm³/mol. The molecule has 1 N–H and O–H groups in total. The second kappa shape index (κ2) is 8.00. The number of rotatable bonds is 6. The Labute approximate surface area is 123 Å². The number of nitrogens with one attached hydrogen (secondary N) is 1. The monoisotopic (exact) mass is 327 g/mol. The number of likely N-dealkylation sites (N-methyl/N-ethyl adjacent to an activating group) is 1. The van der Waals surface area contributed by atoms with Gasteiger partial charge in [0.15, 0.2) is 0 Å². The molecule has 1 aromatic rings. The lowest BCUT2D eigenvalue weighted by atomic mass is 10.1. The molecule has 0 amide bonds. The van der Waals surface area contributed by atoms with E-state index in [1.165, 1.54) is 18.4 Å². The average molecular weight is 328 g/mol. The minimum Gasteiger partial charge on any atom is -0.376 e. The summed E-state index contributed by atoms with van der Waals surface area (Å²) in [6.07, 6.45) is 3.89. The maximum absolute atomic E-state index is 6.05. The number of halogens is 1. The smallest absolute Gasteiger partial charge is 0.0950 e. The fourth-order valence-electron chi connectivity index (χ4n) is 2.33. The largest absolute Gasteiger partial charge is 0.376 e. The molecule has 2 atom stereocenters. The molecule has 0 saturated carbocycles. The molecule has 0 aromatic heterocycles. The summed E-state index contributed by atoms with van der Waals surface area (Å²) in [4.78, 5) is 0. The zero-order chi connectivity index (χ0) is 13.5. The molecule has 4 heteroatoms. The van der Waals surface area contributed by atoms with Crippen molar-refractivity contribution >= 4 is 15.9 Å². The molecule has 2 rings (SSSR count). The molecule has 3 nitrogen and oxygen atoms in total. The lowest BCUT2D eigenvalue weighted by molar-refractivity contribution is -0.0630. The Balaban J connectivity index is 1.91. The first kappa shape index (κ1) is 15.0. The second-order valence-corrected chi connectivity index (χ2v) is 5.84. The molecule has 0 bridgehead atoms. The first-order valence-electron chi connectivity index (χ1n) is 6.93. The summed E-state index contributed by atoms with van der Waals surface area (Å²) in [6.45, 7) is 2.36. The summed E-state index contributed by atoms with van der Waals surface area (Å²) >= 11 is 3.51. The summed E-state index contributed by atoms with van der Waals surface area (Å²) in [5.41, 5.74) is 1.19. The highest BCUT2D eigenvalue weighted by atomic mass is 79.9. The van der Waals surface area contributed by atoms with Crippen molar-refractivity contribution in [1.29, 1.82) is 0 Å². The number of hydrogen-bond acceptors (Lipinski definition) is 3. The van der Waals surface area contributed by atoms with Crippen LogP contribution >= 0.6 is 15.9 Å². The molecule has 2 unspecified atom stereocenters. The summed E-state index contributed by atoms with van der Waals surface area (Å²) < 4.78 is 12.9. The van der Waals surface area contributed by atoms with Gasteiger partial charge < -0.3 is 14.8 Å². The van der Waals surface area contributed by atoms with Crippen molar-refractivity contribution in [3.05, 3.63) is 34.3 Å². The van der Waals surface area contributed by atoms with E-state index in [4.69, 9.17) is 9.47 Å². The molecule has 1 aromatic carbocycles. The van der Waals surface area contributed by atoms with Crippen molar-refractivity contribution in [2.24, 2.45) is 0 Å². The van der Waals surface area contributed by atoms with Gasteiger partial charge in [0.1, 0.15) is 0 Å². The third-order valence-electron chi connectivity index (χ3n) is 3.37. The SMILES string of the molecule is CNCC(OCC1CCCCO1)c1cccc(Br)c1. The van der Waals surface area contributed by atoms with Gasteiger partial charge in [0.2, 0.25) is 0 Å². The molecule has 0 aliphatic carbocycles. The zero-order valence-electron chi connectivity index (χ0n) is 11.4. The highest BCUT2D eigenvalue weighted by molar-refractivity contribution is 9.10. The fraction of sp³-hybridized carbons (Fsp3) is 0.600. The topological polar surface area (TPSA) is 30.5 Å². The van der Waals surface area contributed by atoms with Gasteiger partial charge in [0.25, 0.3) is 0 Å². The quantitative estimate of drug-likeness (QED) is 0.869. The molecule has 19 heavy (non-hydrogen) atoms. The average Bonchev–Trinajstić information content (AvgIpc) is 2.44. The molecule has 1 aliphatic rings. The molecular formula is C15H22BrNO2. The van der Waals surface area contributed by atoms with Gasteiger partial charge in [0, 0.05) is 17.6 Å². The first-order chi connectivity index (χ1) is 9.29. The van der Waals surface area contributed by atoms with E-state index in [2.05, 4.69) is 33.4 Å². The lowest BCUT2D eigenvalue weighted by Gasteiger charge is -2.25. The molecule has 1 heterocycles. The lowest BCUT2D eigenvalue weighted by Crippen LogP contribution is -2.28. The third-order valence-corrected chi connectivity index (χ3v) is 3.86. The van der Waals surface area contributed by atoms with Crippen molar-refractivity contribution in [1.82, 2.24) is 5.32 Å². The normalized spacial score (nSPS) is 21.3. The van der Waals surface area contributed by atoms with Crippen LogP contribution in [0.4, 0.5) is 0 Å². The van der Waals surface area contributed by atoms with Crippen LogP contribution < -0.4 is 5.32 Å². The van der Waals surface area contributed by atoms with Crippen molar-refractivity contribution in [3.8, 4) is 0 Å². The number of hydrogen-bond donors (Lipinski definition) is 1. The van der Waals surface area contributed by atoms with Gasteiger partial charge in [-0.2, -0.15) is 0 Å². The second-order valence-electron chi connectivity index (χ2n) is 4.92. The van der Waals surface area contributed by atoms with E-state index in [-0.39, 0.29) is 12.2 Å². The zero-order valence-corrected chi connectivity index (χ0v) is 13.0. The Morgan fingerprint density at radius 1 is 1.47 bits per heavy atom. The minimum absolute atomic E-state index is 0.0769. The summed E-state index contributed by atoms with van der Waals surface area (Å²) in [5, 5.41) is 3.19. The Hall–Kier alpha value is -0.420. The summed E-state index contributed by atoms with van der Waals surface area (Å²) in [5.74, 6) is 0. The van der Waals surface area contributed by atoms with Gasteiger partial charge in [-0.25, -0.2) is 0 Å². The van der Waals surface area contributed by atoms with Gasteiger partial charge in [-0.3, -0.25) is 0 Å². The Kier molecular flexibility index (Phi) is 6.31. The van der Waals surface area contributed by atoms with Crippen LogP contribution in [-0.2, 0) is 9.47 Å². The Morgan fingerprint density at radius 2 is 2.37 bits per heavy atom. The molecule has 1 aliphatic heterocycles. The van der Waals surface area contributed by atoms with Crippen LogP contribution in [-0.4, -0.2) is 32.9 Å². The molecule has 106 valence electrons. The highest BCUT2D eigenvalue weighted by Crippen LogP contribution is 2.22. The first-order valence-corrected chi connectivity index (χ1v) is 7.72. The molecule has 0 spiro atoms. The van der Waals surface area contributed by atoms with Crippen LogP contribution in [0.25, 0.3) is 0 Å². The standard InChI is InChI=1S/C15H22BrNO2/c1-17-10-15(12-5-4-6-13(16)9-12)19-11-14-7-2-3-8-18-14/h4-6,9,14-15,17H,2-3,7-8,10-11H2,1H3. The van der Waals surface area contributed by atoms with Crippen LogP contribution in [0.3, 0.4) is 0 Å². The number of benzene rings is 1. The van der Waals surface area contributed by atoms with Gasteiger partial charge in [0.05, 0.1) is 18.8 Å². The van der Waals surface area contributed by atoms with Gasteiger partial charge in [-0.05, 0) is 44.0 Å². The van der Waals surface area contributed by atoms with Crippen molar-refractivity contribution < 1.29 is 9.47 Å². The van der Waals surface area contributed by atoms with E-state index in [1.54, 1.807) is 0 Å². The minimum atomic E-state index is 0.0769. The van der Waals surface area contributed by atoms with Crippen LogP contribution in [0.5, 0.6) is 0 Å². The Bertz CT molecular complexity index is 380. The fourth-order valence-corrected chi connectivity index (χ4v) is 2.74. The van der Waals surface area contributed by atoms with Gasteiger partial charge in [-0.1, -0.05) is 28.1 Å². The van der Waals surface area contributed by atoms with E-state index >= 15 is 0 Å². The van der Waals surface area contributed by atoms with Crippen molar-refractivity contribution in [2.75, 3.05) is 26.8 Å². The van der Waals surface area contributed by atoms with Crippen molar-refractivity contribution in [2.45, 2.75) is 31.5 Å². The van der Waals surface area contributed by atoms with Crippen LogP contribution in [0.1, 0.15) is 30.9 Å². The maximum atomic E-state index is 6.05. The van der Waals surface area contributed by atoms with E-state index in [0.717, 1.165) is 24.0 Å². The van der Waals surface area contributed by atoms with Gasteiger partial charge in [-0.15, -0.1) is 0 Å². The van der Waals surface area contributed by atoms with E-state index in [1.807, 2.05) is 19.2 Å². The number of ether oxygens (including phenoxy) is 2. The van der Waals surface area contributed by atoms with E-state index < -0.39 is 0 Å². The molecule has 1 saturated heterocycles. The summed E-state index contributed by atoms with van der Waals surface area (Å²) in [7, 11) is 1.95. The van der Waals surface area contributed by atoms with E-state index in [0.29, 0.717) is 6.61 Å². The Morgan fingerprint density at radius 3 is 3.05 bits per heavy atom. The maximum Gasteiger partial charge on any atom is 0.0950 e. The van der Waals surface area contributed by atoms with Crippen LogP contribution in [0.15, 0.2) is 28.7 Å².